The summed E-state index contributed by atoms with van der Waals surface area (Å²) in [4.78, 5) is 10.7. The van der Waals surface area contributed by atoms with Gasteiger partial charge in [-0.25, -0.2) is 4.79 Å². The highest BCUT2D eigenvalue weighted by Crippen LogP contribution is 2.41. The van der Waals surface area contributed by atoms with Gasteiger partial charge in [-0.1, -0.05) is 11.6 Å². The molecule has 0 fully saturated rings. The van der Waals surface area contributed by atoms with E-state index in [4.69, 9.17) is 16.7 Å². The van der Waals surface area contributed by atoms with E-state index in [0.717, 1.165) is 0 Å². The molecular weight excluding hydrogens is 260 g/mol. The molecule has 94 valence electrons. The molecule has 0 aliphatic rings. The lowest BCUT2D eigenvalue weighted by molar-refractivity contribution is 0.0690. The molecule has 0 unspecified atom stereocenters. The van der Waals surface area contributed by atoms with E-state index in [0.29, 0.717) is 5.56 Å². The topological polar surface area (TPSA) is 106 Å². The molecule has 0 aliphatic heterocycles. The zero-order chi connectivity index (χ0) is 13.4. The van der Waals surface area contributed by atoms with Crippen LogP contribution in [0.3, 0.4) is 0 Å². The maximum absolute atomic E-state index is 10.7. The molecule has 0 radical (unpaired) electrons. The summed E-state index contributed by atoms with van der Waals surface area (Å²) in [5, 5.41) is 34.4. The van der Waals surface area contributed by atoms with Gasteiger partial charge in [0, 0.05) is 11.1 Å². The number of hydrogen-bond acceptors (Lipinski definition) is 4. The number of aromatic nitrogens is 2. The second kappa shape index (κ2) is 4.23. The van der Waals surface area contributed by atoms with Gasteiger partial charge in [-0.3, -0.25) is 5.10 Å². The molecule has 7 heteroatoms. The number of hydrogen-bond donors (Lipinski definition) is 4. The third-order valence-electron chi connectivity index (χ3n) is 2.54. The Balaban J connectivity index is 2.66. The van der Waals surface area contributed by atoms with Gasteiger partial charge in [0.1, 0.15) is 5.69 Å². The van der Waals surface area contributed by atoms with Gasteiger partial charge in [0.15, 0.2) is 11.5 Å². The Morgan fingerprint density at radius 3 is 2.61 bits per heavy atom. The zero-order valence-corrected chi connectivity index (χ0v) is 9.99. The molecule has 2 aromatic rings. The van der Waals surface area contributed by atoms with Crippen molar-refractivity contribution >= 4 is 17.6 Å². The Labute approximate surface area is 106 Å². The quantitative estimate of drug-likeness (QED) is 0.624. The summed E-state index contributed by atoms with van der Waals surface area (Å²) in [6.45, 7) is 1.63. The summed E-state index contributed by atoms with van der Waals surface area (Å²) in [5.74, 6) is -1.95. The van der Waals surface area contributed by atoms with Gasteiger partial charge in [-0.15, -0.1) is 0 Å². The van der Waals surface area contributed by atoms with Crippen molar-refractivity contribution in [1.29, 1.82) is 0 Å². The number of carboxylic acid groups (broad SMARTS) is 1. The normalized spacial score (nSPS) is 10.6. The van der Waals surface area contributed by atoms with Crippen LogP contribution in [0.15, 0.2) is 12.1 Å². The van der Waals surface area contributed by atoms with E-state index < -0.39 is 5.97 Å². The number of rotatable bonds is 2. The van der Waals surface area contributed by atoms with Crippen LogP contribution in [0, 0.1) is 6.92 Å². The molecule has 0 spiro atoms. The Hall–Kier alpha value is -2.21. The van der Waals surface area contributed by atoms with Crippen molar-refractivity contribution in [2.45, 2.75) is 6.92 Å². The smallest absolute Gasteiger partial charge is 0.353 e. The average Bonchev–Trinajstić information content (AvgIpc) is 2.76. The Bertz CT molecular complexity index is 610. The van der Waals surface area contributed by atoms with Gasteiger partial charge in [0.25, 0.3) is 0 Å². The van der Waals surface area contributed by atoms with Crippen LogP contribution in [0.5, 0.6) is 11.5 Å². The van der Waals surface area contributed by atoms with E-state index >= 15 is 0 Å². The molecule has 18 heavy (non-hydrogen) atoms. The maximum atomic E-state index is 10.7. The largest absolute Gasteiger partial charge is 0.504 e. The van der Waals surface area contributed by atoms with Crippen molar-refractivity contribution in [1.82, 2.24) is 10.2 Å². The first-order valence-electron chi connectivity index (χ1n) is 4.92. The van der Waals surface area contributed by atoms with Gasteiger partial charge in [0.05, 0.1) is 11.3 Å². The monoisotopic (exact) mass is 268 g/mol. The SMILES string of the molecule is Cc1c(Cl)cc(O)c(O)c1-c1cc(C(=O)O)[nH]n1. The number of carboxylic acids is 1. The van der Waals surface area contributed by atoms with Crippen molar-refractivity contribution in [3.63, 3.8) is 0 Å². The summed E-state index contributed by atoms with van der Waals surface area (Å²) >= 11 is 5.88. The minimum atomic E-state index is -1.17. The highest BCUT2D eigenvalue weighted by Gasteiger charge is 2.19. The Kier molecular flexibility index (Phi) is 2.88. The van der Waals surface area contributed by atoms with Crippen LogP contribution < -0.4 is 0 Å². The minimum Gasteiger partial charge on any atom is -0.504 e. The molecule has 0 saturated carbocycles. The third kappa shape index (κ3) is 1.86. The lowest BCUT2D eigenvalue weighted by Gasteiger charge is -2.09. The second-order valence-corrected chi connectivity index (χ2v) is 4.11. The van der Waals surface area contributed by atoms with Gasteiger partial charge < -0.3 is 15.3 Å². The molecule has 0 aliphatic carbocycles. The molecule has 6 nitrogen and oxygen atoms in total. The van der Waals surface area contributed by atoms with Crippen LogP contribution in [0.25, 0.3) is 11.3 Å². The standard InChI is InChI=1S/C11H9ClN2O4/c1-4-5(12)2-8(15)10(16)9(4)6-3-7(11(17)18)14-13-6/h2-3,15-16H,1H3,(H,13,14)(H,17,18). The van der Waals surface area contributed by atoms with Gasteiger partial charge in [-0.05, 0) is 18.6 Å². The lowest BCUT2D eigenvalue weighted by atomic mass is 10.0. The zero-order valence-electron chi connectivity index (χ0n) is 9.23. The first-order chi connectivity index (χ1) is 8.41. The van der Waals surface area contributed by atoms with Crippen LogP contribution >= 0.6 is 11.6 Å². The first kappa shape index (κ1) is 12.3. The van der Waals surface area contributed by atoms with E-state index in [1.807, 2.05) is 0 Å². The van der Waals surface area contributed by atoms with Crippen molar-refractivity contribution < 1.29 is 20.1 Å². The van der Waals surface area contributed by atoms with Gasteiger partial charge in [0.2, 0.25) is 0 Å². The number of aromatic hydroxyl groups is 2. The molecule has 2 rings (SSSR count). The number of halogens is 1. The average molecular weight is 269 g/mol. The number of aromatic carboxylic acids is 1. The molecule has 0 atom stereocenters. The van der Waals surface area contributed by atoms with Gasteiger partial charge in [-0.2, -0.15) is 5.10 Å². The van der Waals surface area contributed by atoms with Crippen LogP contribution in [0.2, 0.25) is 5.02 Å². The number of nitrogens with zero attached hydrogens (tertiary/aromatic N) is 1. The number of H-pyrrole nitrogens is 1. The molecule has 0 amide bonds. The molecular formula is C11H9ClN2O4. The fraction of sp³-hybridized carbons (Fsp3) is 0.0909. The molecule has 4 N–H and O–H groups in total. The fourth-order valence-corrected chi connectivity index (χ4v) is 1.79. The molecule has 1 heterocycles. The van der Waals surface area contributed by atoms with Crippen molar-refractivity contribution in [3.05, 3.63) is 28.4 Å². The van der Waals surface area contributed by atoms with E-state index in [1.165, 1.54) is 12.1 Å². The number of carbonyl (C=O) groups is 1. The van der Waals surface area contributed by atoms with E-state index in [1.54, 1.807) is 6.92 Å². The van der Waals surface area contributed by atoms with E-state index in [-0.39, 0.29) is 33.5 Å². The predicted octanol–water partition coefficient (Wildman–Crippen LogP) is 2.15. The number of phenols is 2. The maximum Gasteiger partial charge on any atom is 0.353 e. The van der Waals surface area contributed by atoms with Crippen LogP contribution in [-0.2, 0) is 0 Å². The van der Waals surface area contributed by atoms with Crippen LogP contribution in [0.4, 0.5) is 0 Å². The van der Waals surface area contributed by atoms with Crippen LogP contribution in [0.1, 0.15) is 16.1 Å². The third-order valence-corrected chi connectivity index (χ3v) is 2.93. The lowest BCUT2D eigenvalue weighted by Crippen LogP contribution is -1.95. The highest BCUT2D eigenvalue weighted by molar-refractivity contribution is 6.32. The summed E-state index contributed by atoms with van der Waals surface area (Å²) in [6.07, 6.45) is 0. The summed E-state index contributed by atoms with van der Waals surface area (Å²) < 4.78 is 0. The fourth-order valence-electron chi connectivity index (χ4n) is 1.59. The second-order valence-electron chi connectivity index (χ2n) is 3.70. The molecule has 1 aromatic carbocycles. The number of phenolic OH excluding ortho intramolecular Hbond substituents is 2. The summed E-state index contributed by atoms with van der Waals surface area (Å²) in [6, 6.07) is 2.46. The predicted molar refractivity (Wildman–Crippen MR) is 64.1 cm³/mol. The Morgan fingerprint density at radius 1 is 1.39 bits per heavy atom. The highest BCUT2D eigenvalue weighted by atomic mass is 35.5. The van der Waals surface area contributed by atoms with Crippen molar-refractivity contribution in [2.24, 2.45) is 0 Å². The summed E-state index contributed by atoms with van der Waals surface area (Å²) in [5.41, 5.74) is 0.766. The number of nitrogens with one attached hydrogen (secondary N) is 1. The number of benzene rings is 1. The van der Waals surface area contributed by atoms with E-state index in [2.05, 4.69) is 10.2 Å². The Morgan fingerprint density at radius 2 is 2.06 bits per heavy atom. The van der Waals surface area contributed by atoms with Crippen molar-refractivity contribution in [3.8, 4) is 22.8 Å². The van der Waals surface area contributed by atoms with E-state index in [9.17, 15) is 15.0 Å². The van der Waals surface area contributed by atoms with Crippen LogP contribution in [-0.4, -0.2) is 31.5 Å². The van der Waals surface area contributed by atoms with Gasteiger partial charge >= 0.3 is 5.97 Å². The molecule has 0 bridgehead atoms. The summed E-state index contributed by atoms with van der Waals surface area (Å²) in [7, 11) is 0. The minimum absolute atomic E-state index is 0.122. The number of aromatic amines is 1. The van der Waals surface area contributed by atoms with Crippen molar-refractivity contribution in [2.75, 3.05) is 0 Å². The molecule has 1 aromatic heterocycles. The first-order valence-corrected chi connectivity index (χ1v) is 5.29. The molecule has 0 saturated heterocycles.